The van der Waals surface area contributed by atoms with Gasteiger partial charge < -0.3 is 4.74 Å². The molecule has 0 heterocycles. The van der Waals surface area contributed by atoms with Gasteiger partial charge in [0.15, 0.2) is 0 Å². The largest absolute Gasteiger partial charge is 0.494 e. The number of carbonyl (C=O) groups is 1. The highest BCUT2D eigenvalue weighted by Gasteiger charge is 2.44. The predicted molar refractivity (Wildman–Crippen MR) is 120 cm³/mol. The number of amides is 1. The molecule has 2 aromatic rings. The highest BCUT2D eigenvalue weighted by molar-refractivity contribution is 9.11. The van der Waals surface area contributed by atoms with Crippen molar-refractivity contribution in [2.75, 3.05) is 7.11 Å². The van der Waals surface area contributed by atoms with Crippen LogP contribution in [0.25, 0.3) is 0 Å². The molecular formula is C22H24Br2N2O2. The summed E-state index contributed by atoms with van der Waals surface area (Å²) in [5.74, 6) is 0.966. The third-order valence-electron chi connectivity index (χ3n) is 4.95. The summed E-state index contributed by atoms with van der Waals surface area (Å²) in [5.41, 5.74) is 6.18. The molecule has 28 heavy (non-hydrogen) atoms. The Labute approximate surface area is 183 Å². The maximum absolute atomic E-state index is 12.4. The van der Waals surface area contributed by atoms with Crippen molar-refractivity contribution in [3.63, 3.8) is 0 Å². The minimum Gasteiger partial charge on any atom is -0.494 e. The SMILES string of the molecule is COc1c(Br)cc(/C=N/NC(=O)[C@H]2C[C@H]2c2ccc(C(C)(C)C)cc2)cc1Br. The number of nitrogens with one attached hydrogen (secondary N) is 1. The Morgan fingerprint density at radius 2 is 1.79 bits per heavy atom. The zero-order valence-electron chi connectivity index (χ0n) is 16.4. The molecular weight excluding hydrogens is 484 g/mol. The molecule has 1 saturated carbocycles. The van der Waals surface area contributed by atoms with Crippen LogP contribution < -0.4 is 10.2 Å². The van der Waals surface area contributed by atoms with Crippen molar-refractivity contribution < 1.29 is 9.53 Å². The molecule has 1 aliphatic rings. The molecule has 4 nitrogen and oxygen atoms in total. The molecule has 148 valence electrons. The van der Waals surface area contributed by atoms with Crippen molar-refractivity contribution >= 4 is 44.0 Å². The highest BCUT2D eigenvalue weighted by Crippen LogP contribution is 2.47. The molecule has 2 atom stereocenters. The molecule has 1 N–H and O–H groups in total. The molecule has 0 aliphatic heterocycles. The van der Waals surface area contributed by atoms with Gasteiger partial charge in [0.25, 0.3) is 0 Å². The molecule has 0 spiro atoms. The van der Waals surface area contributed by atoms with Gasteiger partial charge in [0.2, 0.25) is 5.91 Å². The molecule has 0 bridgehead atoms. The zero-order valence-corrected chi connectivity index (χ0v) is 19.6. The van der Waals surface area contributed by atoms with Crippen molar-refractivity contribution in [3.8, 4) is 5.75 Å². The van der Waals surface area contributed by atoms with Gasteiger partial charge in [-0.3, -0.25) is 4.79 Å². The van der Waals surface area contributed by atoms with Gasteiger partial charge in [-0.2, -0.15) is 5.10 Å². The first-order valence-electron chi connectivity index (χ1n) is 9.17. The maximum atomic E-state index is 12.4. The van der Waals surface area contributed by atoms with Gasteiger partial charge in [-0.15, -0.1) is 0 Å². The van der Waals surface area contributed by atoms with E-state index < -0.39 is 0 Å². The number of methoxy groups -OCH3 is 1. The average molecular weight is 508 g/mol. The van der Waals surface area contributed by atoms with Crippen LogP contribution in [0.15, 0.2) is 50.4 Å². The predicted octanol–water partition coefficient (Wildman–Crippen LogP) is 5.77. The van der Waals surface area contributed by atoms with E-state index >= 15 is 0 Å². The minimum atomic E-state index is -0.0345. The van der Waals surface area contributed by atoms with Crippen LogP contribution in [-0.4, -0.2) is 19.2 Å². The van der Waals surface area contributed by atoms with Crippen LogP contribution in [0.5, 0.6) is 5.75 Å². The summed E-state index contributed by atoms with van der Waals surface area (Å²) >= 11 is 6.92. The summed E-state index contributed by atoms with van der Waals surface area (Å²) in [6.45, 7) is 6.61. The molecule has 6 heteroatoms. The normalized spacial score (nSPS) is 18.9. The lowest BCUT2D eigenvalue weighted by molar-refractivity contribution is -0.122. The van der Waals surface area contributed by atoms with Crippen molar-refractivity contribution in [2.45, 2.75) is 38.5 Å². The average Bonchev–Trinajstić information content (AvgIpc) is 3.42. The molecule has 1 amide bonds. The molecule has 0 aromatic heterocycles. The van der Waals surface area contributed by atoms with Gasteiger partial charge in [0.1, 0.15) is 5.75 Å². The van der Waals surface area contributed by atoms with Crippen LogP contribution in [0.2, 0.25) is 0 Å². The Morgan fingerprint density at radius 1 is 1.18 bits per heavy atom. The Kier molecular flexibility index (Phi) is 6.30. The molecule has 1 fully saturated rings. The number of hydrogen-bond acceptors (Lipinski definition) is 3. The summed E-state index contributed by atoms with van der Waals surface area (Å²) in [6, 6.07) is 12.4. The number of nitrogens with zero attached hydrogens (tertiary/aromatic N) is 1. The van der Waals surface area contributed by atoms with E-state index in [0.717, 1.165) is 26.7 Å². The standard InChI is InChI=1S/C22H24Br2N2O2/c1-22(2,3)15-7-5-14(6-8-15)16-11-17(16)21(27)26-25-12-13-9-18(23)20(28-4)19(24)10-13/h5-10,12,16-17H,11H2,1-4H3,(H,26,27)/b25-12+/t16-,17-/m0/s1. The molecule has 2 aromatic carbocycles. The monoisotopic (exact) mass is 506 g/mol. The van der Waals surface area contributed by atoms with Gasteiger partial charge >= 0.3 is 0 Å². The van der Waals surface area contributed by atoms with Crippen LogP contribution >= 0.6 is 31.9 Å². The molecule has 0 radical (unpaired) electrons. The first kappa shape index (κ1) is 21.1. The first-order chi connectivity index (χ1) is 13.2. The van der Waals surface area contributed by atoms with Crippen molar-refractivity contribution in [1.82, 2.24) is 5.43 Å². The summed E-state index contributed by atoms with van der Waals surface area (Å²) < 4.78 is 6.92. The number of ether oxygens (including phenoxy) is 1. The quantitative estimate of drug-likeness (QED) is 0.412. The van der Waals surface area contributed by atoms with Gasteiger partial charge in [0, 0.05) is 5.92 Å². The highest BCUT2D eigenvalue weighted by atomic mass is 79.9. The van der Waals surface area contributed by atoms with E-state index in [1.54, 1.807) is 13.3 Å². The second-order valence-corrected chi connectivity index (χ2v) is 9.78. The Balaban J connectivity index is 1.57. The Hall–Kier alpha value is -1.66. The summed E-state index contributed by atoms with van der Waals surface area (Å²) in [4.78, 5) is 12.4. The lowest BCUT2D eigenvalue weighted by atomic mass is 9.86. The van der Waals surface area contributed by atoms with E-state index in [-0.39, 0.29) is 23.2 Å². The zero-order chi connectivity index (χ0) is 20.5. The molecule has 1 aliphatic carbocycles. The van der Waals surface area contributed by atoms with Gasteiger partial charge in [-0.05, 0) is 78.4 Å². The van der Waals surface area contributed by atoms with E-state index in [9.17, 15) is 4.79 Å². The van der Waals surface area contributed by atoms with Crippen LogP contribution in [0, 0.1) is 5.92 Å². The summed E-state index contributed by atoms with van der Waals surface area (Å²) in [7, 11) is 1.61. The van der Waals surface area contributed by atoms with E-state index in [1.807, 2.05) is 12.1 Å². The Bertz CT molecular complexity index is 879. The van der Waals surface area contributed by atoms with Gasteiger partial charge in [-0.25, -0.2) is 5.43 Å². The van der Waals surface area contributed by atoms with Crippen LogP contribution in [0.3, 0.4) is 0 Å². The molecule has 0 unspecified atom stereocenters. The van der Waals surface area contributed by atoms with Crippen molar-refractivity contribution in [2.24, 2.45) is 11.0 Å². The molecule has 0 saturated heterocycles. The maximum Gasteiger partial charge on any atom is 0.243 e. The van der Waals surface area contributed by atoms with Gasteiger partial charge in [0.05, 0.1) is 22.3 Å². The van der Waals surface area contributed by atoms with Crippen LogP contribution in [-0.2, 0) is 10.2 Å². The van der Waals surface area contributed by atoms with Crippen LogP contribution in [0.1, 0.15) is 49.8 Å². The minimum absolute atomic E-state index is 0.00743. The van der Waals surface area contributed by atoms with Crippen LogP contribution in [0.4, 0.5) is 0 Å². The fraction of sp³-hybridized carbons (Fsp3) is 0.364. The smallest absolute Gasteiger partial charge is 0.243 e. The molecule has 3 rings (SSSR count). The third-order valence-corrected chi connectivity index (χ3v) is 6.12. The van der Waals surface area contributed by atoms with E-state index in [2.05, 4.69) is 87.4 Å². The Morgan fingerprint density at radius 3 is 2.32 bits per heavy atom. The second-order valence-electron chi connectivity index (χ2n) is 8.07. The number of hydrazone groups is 1. The lowest BCUT2D eigenvalue weighted by Gasteiger charge is -2.19. The number of halogens is 2. The summed E-state index contributed by atoms with van der Waals surface area (Å²) in [6.07, 6.45) is 2.50. The van der Waals surface area contributed by atoms with Crippen molar-refractivity contribution in [1.29, 1.82) is 0 Å². The number of carbonyl (C=O) groups excluding carboxylic acids is 1. The van der Waals surface area contributed by atoms with E-state index in [4.69, 9.17) is 4.74 Å². The second kappa shape index (κ2) is 8.37. The topological polar surface area (TPSA) is 50.7 Å². The third kappa shape index (κ3) is 4.84. The van der Waals surface area contributed by atoms with E-state index in [1.165, 1.54) is 11.1 Å². The number of benzene rings is 2. The lowest BCUT2D eigenvalue weighted by Crippen LogP contribution is -2.20. The van der Waals surface area contributed by atoms with Gasteiger partial charge in [-0.1, -0.05) is 45.0 Å². The first-order valence-corrected chi connectivity index (χ1v) is 10.8. The number of hydrogen-bond donors (Lipinski definition) is 1. The fourth-order valence-corrected chi connectivity index (χ4v) is 4.73. The summed E-state index contributed by atoms with van der Waals surface area (Å²) in [5, 5.41) is 4.11. The fourth-order valence-electron chi connectivity index (χ4n) is 3.19. The number of rotatable bonds is 5. The van der Waals surface area contributed by atoms with Crippen molar-refractivity contribution in [3.05, 3.63) is 62.0 Å². The van der Waals surface area contributed by atoms with E-state index in [0.29, 0.717) is 0 Å².